The van der Waals surface area contributed by atoms with Crippen molar-refractivity contribution in [1.29, 1.82) is 0 Å². The van der Waals surface area contributed by atoms with Crippen LogP contribution >= 0.6 is 11.6 Å². The van der Waals surface area contributed by atoms with Crippen molar-refractivity contribution in [3.05, 3.63) is 71.4 Å². The minimum absolute atomic E-state index is 0.162. The van der Waals surface area contributed by atoms with Crippen LogP contribution < -0.4 is 5.32 Å². The molecule has 0 saturated heterocycles. The third-order valence-electron chi connectivity index (χ3n) is 3.84. The smallest absolute Gasteiger partial charge is 0.306 e. The zero-order valence-corrected chi connectivity index (χ0v) is 14.7. The Hall–Kier alpha value is -2.92. The Morgan fingerprint density at radius 3 is 2.73 bits per heavy atom. The number of carbonyl (C=O) groups is 2. The normalized spacial score (nSPS) is 10.5. The summed E-state index contributed by atoms with van der Waals surface area (Å²) in [4.78, 5) is 28.1. The van der Waals surface area contributed by atoms with Crippen molar-refractivity contribution in [1.82, 2.24) is 4.98 Å². The van der Waals surface area contributed by atoms with Gasteiger partial charge >= 0.3 is 5.97 Å². The Morgan fingerprint density at radius 1 is 1.04 bits per heavy atom. The van der Waals surface area contributed by atoms with Crippen molar-refractivity contribution < 1.29 is 14.3 Å². The van der Waals surface area contributed by atoms with Crippen LogP contribution in [0, 0.1) is 0 Å². The Balaban J connectivity index is 1.50. The fourth-order valence-corrected chi connectivity index (χ4v) is 2.78. The Morgan fingerprint density at radius 2 is 1.88 bits per heavy atom. The van der Waals surface area contributed by atoms with E-state index in [-0.39, 0.29) is 13.0 Å². The van der Waals surface area contributed by atoms with Gasteiger partial charge in [-0.2, -0.15) is 0 Å². The molecule has 0 radical (unpaired) electrons. The molecule has 0 spiro atoms. The summed E-state index contributed by atoms with van der Waals surface area (Å²) in [6, 6.07) is 16.4. The zero-order chi connectivity index (χ0) is 18.4. The number of amides is 1. The lowest BCUT2D eigenvalue weighted by Gasteiger charge is -2.09. The van der Waals surface area contributed by atoms with Gasteiger partial charge in [-0.05, 0) is 42.3 Å². The highest BCUT2D eigenvalue weighted by Crippen LogP contribution is 2.21. The molecule has 0 unspecified atom stereocenters. The molecule has 1 aromatic heterocycles. The van der Waals surface area contributed by atoms with E-state index in [1.165, 1.54) is 0 Å². The molecule has 0 aliphatic heterocycles. The average Bonchev–Trinajstić information content (AvgIpc) is 2.66. The fourth-order valence-electron chi connectivity index (χ4n) is 2.55. The Bertz CT molecular complexity index is 938. The van der Waals surface area contributed by atoms with Gasteiger partial charge in [0.25, 0.3) is 5.91 Å². The largest absolute Gasteiger partial charge is 0.456 e. The first-order valence-corrected chi connectivity index (χ1v) is 8.54. The van der Waals surface area contributed by atoms with E-state index >= 15 is 0 Å². The van der Waals surface area contributed by atoms with Crippen LogP contribution in [0.3, 0.4) is 0 Å². The molecule has 2 aromatic carbocycles. The van der Waals surface area contributed by atoms with Gasteiger partial charge in [0.1, 0.15) is 0 Å². The zero-order valence-electron chi connectivity index (χ0n) is 13.9. The molecule has 1 heterocycles. The van der Waals surface area contributed by atoms with Crippen molar-refractivity contribution in [2.75, 3.05) is 11.9 Å². The maximum absolute atomic E-state index is 12.1. The van der Waals surface area contributed by atoms with Crippen molar-refractivity contribution in [2.24, 2.45) is 0 Å². The summed E-state index contributed by atoms with van der Waals surface area (Å²) in [5.74, 6) is -0.841. The van der Waals surface area contributed by atoms with Crippen LogP contribution in [0.4, 0.5) is 5.69 Å². The highest BCUT2D eigenvalue weighted by atomic mass is 35.5. The molecule has 3 aromatic rings. The summed E-state index contributed by atoms with van der Waals surface area (Å²) in [5, 5.41) is 4.19. The van der Waals surface area contributed by atoms with Crippen LogP contribution in [-0.2, 0) is 20.7 Å². The minimum Gasteiger partial charge on any atom is -0.456 e. The van der Waals surface area contributed by atoms with E-state index in [0.717, 1.165) is 16.5 Å². The number of esters is 1. The molecule has 6 heteroatoms. The molecule has 0 aliphatic carbocycles. The molecule has 0 bridgehead atoms. The third-order valence-corrected chi connectivity index (χ3v) is 4.21. The van der Waals surface area contributed by atoms with E-state index in [2.05, 4.69) is 10.3 Å². The van der Waals surface area contributed by atoms with Crippen LogP contribution in [0.15, 0.2) is 60.8 Å². The molecule has 0 atom stereocenters. The van der Waals surface area contributed by atoms with E-state index in [0.29, 0.717) is 17.1 Å². The van der Waals surface area contributed by atoms with Gasteiger partial charge in [0, 0.05) is 23.0 Å². The maximum atomic E-state index is 12.1. The SMILES string of the molecule is O=C(COC(=O)CCc1ccccc1Cl)Nc1cccc2ncccc12. The van der Waals surface area contributed by atoms with Gasteiger partial charge in [-0.25, -0.2) is 0 Å². The second-order valence-corrected chi connectivity index (χ2v) is 6.08. The van der Waals surface area contributed by atoms with E-state index in [4.69, 9.17) is 16.3 Å². The number of rotatable bonds is 6. The van der Waals surface area contributed by atoms with Gasteiger partial charge < -0.3 is 10.1 Å². The number of ether oxygens (including phenoxy) is 1. The number of halogens is 1. The van der Waals surface area contributed by atoms with E-state index < -0.39 is 11.9 Å². The van der Waals surface area contributed by atoms with Gasteiger partial charge in [-0.1, -0.05) is 35.9 Å². The van der Waals surface area contributed by atoms with Crippen molar-refractivity contribution in [3.63, 3.8) is 0 Å². The van der Waals surface area contributed by atoms with Crippen LogP contribution in [0.1, 0.15) is 12.0 Å². The van der Waals surface area contributed by atoms with Gasteiger partial charge in [0.2, 0.25) is 0 Å². The maximum Gasteiger partial charge on any atom is 0.306 e. The Kier molecular flexibility index (Phi) is 5.81. The predicted octanol–water partition coefficient (Wildman–Crippen LogP) is 4.00. The molecule has 132 valence electrons. The molecule has 0 saturated carbocycles. The Labute approximate surface area is 156 Å². The number of pyridine rings is 1. The third kappa shape index (κ3) is 4.58. The van der Waals surface area contributed by atoms with Crippen LogP contribution in [-0.4, -0.2) is 23.5 Å². The number of benzene rings is 2. The lowest BCUT2D eigenvalue weighted by Crippen LogP contribution is -2.21. The second-order valence-electron chi connectivity index (χ2n) is 5.68. The second kappa shape index (κ2) is 8.45. The number of anilines is 1. The molecular weight excluding hydrogens is 352 g/mol. The molecule has 5 nitrogen and oxygen atoms in total. The quantitative estimate of drug-likeness (QED) is 0.668. The van der Waals surface area contributed by atoms with Crippen LogP contribution in [0.5, 0.6) is 0 Å². The van der Waals surface area contributed by atoms with Gasteiger partial charge in [-0.3, -0.25) is 14.6 Å². The number of carbonyl (C=O) groups excluding carboxylic acids is 2. The monoisotopic (exact) mass is 368 g/mol. The van der Waals surface area contributed by atoms with E-state index in [1.54, 1.807) is 30.5 Å². The highest BCUT2D eigenvalue weighted by molar-refractivity contribution is 6.31. The molecule has 0 fully saturated rings. The van der Waals surface area contributed by atoms with Gasteiger partial charge in [-0.15, -0.1) is 0 Å². The number of nitrogens with zero attached hydrogens (tertiary/aromatic N) is 1. The molecule has 3 rings (SSSR count). The molecule has 0 aliphatic rings. The number of hydrogen-bond donors (Lipinski definition) is 1. The highest BCUT2D eigenvalue weighted by Gasteiger charge is 2.10. The van der Waals surface area contributed by atoms with Crippen LogP contribution in [0.2, 0.25) is 5.02 Å². The van der Waals surface area contributed by atoms with Gasteiger partial charge in [0.15, 0.2) is 6.61 Å². The summed E-state index contributed by atoms with van der Waals surface area (Å²) in [5.41, 5.74) is 2.29. The van der Waals surface area contributed by atoms with Crippen LogP contribution in [0.25, 0.3) is 10.9 Å². The first-order chi connectivity index (χ1) is 12.6. The molecule has 1 amide bonds. The summed E-state index contributed by atoms with van der Waals surface area (Å²) in [7, 11) is 0. The molecular formula is C20H17ClN2O3. The van der Waals surface area contributed by atoms with Crippen molar-refractivity contribution >= 4 is 40.1 Å². The standard InChI is InChI=1S/C20H17ClN2O3/c21-16-7-2-1-5-14(16)10-11-20(25)26-13-19(24)23-18-9-3-8-17-15(18)6-4-12-22-17/h1-9,12H,10-11,13H2,(H,23,24). The lowest BCUT2D eigenvalue weighted by molar-refractivity contribution is -0.147. The number of fused-ring (bicyclic) bond motifs is 1. The molecule has 26 heavy (non-hydrogen) atoms. The minimum atomic E-state index is -0.445. The van der Waals surface area contributed by atoms with E-state index in [9.17, 15) is 9.59 Å². The molecule has 1 N–H and O–H groups in total. The predicted molar refractivity (Wildman–Crippen MR) is 101 cm³/mol. The number of aromatic nitrogens is 1. The van der Waals surface area contributed by atoms with E-state index in [1.807, 2.05) is 30.3 Å². The summed E-state index contributed by atoms with van der Waals surface area (Å²) in [6.45, 7) is -0.335. The number of aryl methyl sites for hydroxylation is 1. The lowest BCUT2D eigenvalue weighted by atomic mass is 10.1. The first kappa shape index (κ1) is 17.9. The number of hydrogen-bond acceptors (Lipinski definition) is 4. The first-order valence-electron chi connectivity index (χ1n) is 8.16. The summed E-state index contributed by atoms with van der Waals surface area (Å²) in [6.07, 6.45) is 2.32. The number of nitrogens with one attached hydrogen (secondary N) is 1. The topological polar surface area (TPSA) is 68.3 Å². The van der Waals surface area contributed by atoms with Crippen molar-refractivity contribution in [2.45, 2.75) is 12.8 Å². The summed E-state index contributed by atoms with van der Waals surface area (Å²) < 4.78 is 5.04. The summed E-state index contributed by atoms with van der Waals surface area (Å²) >= 11 is 6.05. The average molecular weight is 369 g/mol. The van der Waals surface area contributed by atoms with Gasteiger partial charge in [0.05, 0.1) is 11.2 Å². The van der Waals surface area contributed by atoms with Crippen molar-refractivity contribution in [3.8, 4) is 0 Å². The fraction of sp³-hybridized carbons (Fsp3) is 0.150.